The predicted molar refractivity (Wildman–Crippen MR) is 121 cm³/mol. The normalized spacial score (nSPS) is 10.5. The van der Waals surface area contributed by atoms with E-state index in [2.05, 4.69) is 25.7 Å². The summed E-state index contributed by atoms with van der Waals surface area (Å²) in [6.45, 7) is 4.38. The molecule has 0 bridgehead atoms. The van der Waals surface area contributed by atoms with E-state index in [1.54, 1.807) is 0 Å². The number of rotatable bonds is 12. The third-order valence-corrected chi connectivity index (χ3v) is 6.71. The maximum Gasteiger partial charge on any atom is 0.246 e. The van der Waals surface area contributed by atoms with Gasteiger partial charge < -0.3 is 0 Å². The minimum absolute atomic E-state index is 0.227. The molecule has 2 aromatic rings. The van der Waals surface area contributed by atoms with Crippen LogP contribution in [0.5, 0.6) is 0 Å². The monoisotopic (exact) mass is 414 g/mol. The maximum atomic E-state index is 12.5. The molecule has 2 aromatic heterocycles. The Bertz CT molecular complexity index is 751. The number of carbonyl (C=O) groups is 2. The van der Waals surface area contributed by atoms with E-state index in [4.69, 9.17) is 0 Å². The molecule has 0 radical (unpaired) electrons. The molecule has 150 valence electrons. The number of ketones is 2. The third-order valence-electron chi connectivity index (χ3n) is 4.79. The zero-order valence-electron chi connectivity index (χ0n) is 17.0. The van der Waals surface area contributed by atoms with E-state index < -0.39 is 0 Å². The minimum atomic E-state index is -0.227. The molecule has 0 aliphatic carbocycles. The molecule has 4 heteroatoms. The molecule has 0 aromatic carbocycles. The number of unbranched alkanes of at least 4 members (excludes halogenated alkanes) is 6. The fourth-order valence-electron chi connectivity index (χ4n) is 3.18. The smallest absolute Gasteiger partial charge is 0.246 e. The Kier molecular flexibility index (Phi) is 10.2. The van der Waals surface area contributed by atoms with Gasteiger partial charge in [-0.05, 0) is 71.5 Å². The Balaban J connectivity index is 1.97. The first-order valence-corrected chi connectivity index (χ1v) is 12.2. The molecular formula is C24H30O2S2. The quantitative estimate of drug-likeness (QED) is 0.160. The van der Waals surface area contributed by atoms with Crippen molar-refractivity contribution in [3.05, 3.63) is 43.8 Å². The topological polar surface area (TPSA) is 34.1 Å². The van der Waals surface area contributed by atoms with Crippen LogP contribution in [0.4, 0.5) is 0 Å². The van der Waals surface area contributed by atoms with Crippen LogP contribution in [0.1, 0.15) is 95.7 Å². The SMILES string of the molecule is CCCCCCc1ccsc1C(=O)C#CC(=O)c1sccc1CCCCCC. The van der Waals surface area contributed by atoms with E-state index in [0.717, 1.165) is 36.8 Å². The number of carbonyl (C=O) groups excluding carboxylic acids is 2. The molecule has 0 spiro atoms. The summed E-state index contributed by atoms with van der Waals surface area (Å²) in [4.78, 5) is 26.4. The number of thiophene rings is 2. The predicted octanol–water partition coefficient (Wildman–Crippen LogP) is 7.12. The van der Waals surface area contributed by atoms with Crippen LogP contribution < -0.4 is 0 Å². The van der Waals surface area contributed by atoms with Gasteiger partial charge in [0.1, 0.15) is 0 Å². The van der Waals surface area contributed by atoms with Crippen molar-refractivity contribution >= 4 is 34.2 Å². The van der Waals surface area contributed by atoms with Gasteiger partial charge in [0.05, 0.1) is 9.75 Å². The van der Waals surface area contributed by atoms with Gasteiger partial charge in [-0.1, -0.05) is 52.4 Å². The van der Waals surface area contributed by atoms with Crippen molar-refractivity contribution in [2.24, 2.45) is 0 Å². The van der Waals surface area contributed by atoms with Gasteiger partial charge in [0.2, 0.25) is 11.6 Å². The summed E-state index contributed by atoms with van der Waals surface area (Å²) in [5.41, 5.74) is 2.14. The Labute approximate surface area is 177 Å². The second kappa shape index (κ2) is 12.7. The number of Topliss-reactive ketones (excluding diaryl/α,β-unsaturated/α-hetero) is 2. The molecule has 0 saturated heterocycles. The standard InChI is InChI=1S/C24H30O2S2/c1-3-5-7-9-11-19-15-17-27-23(19)21(25)13-14-22(26)24-20(16-18-28-24)12-10-8-6-4-2/h15-18H,3-12H2,1-2H3. The summed E-state index contributed by atoms with van der Waals surface area (Å²) in [5.74, 6) is 4.74. The highest BCUT2D eigenvalue weighted by atomic mass is 32.1. The minimum Gasteiger partial charge on any atom is -0.278 e. The third kappa shape index (κ3) is 7.04. The van der Waals surface area contributed by atoms with Crippen LogP contribution in [0.2, 0.25) is 0 Å². The van der Waals surface area contributed by atoms with Gasteiger partial charge in [-0.2, -0.15) is 0 Å². The lowest BCUT2D eigenvalue weighted by Crippen LogP contribution is -2.01. The summed E-state index contributed by atoms with van der Waals surface area (Å²) in [6, 6.07) is 4.03. The highest BCUT2D eigenvalue weighted by molar-refractivity contribution is 7.13. The van der Waals surface area contributed by atoms with E-state index in [0.29, 0.717) is 9.75 Å². The maximum absolute atomic E-state index is 12.5. The second-order valence-electron chi connectivity index (χ2n) is 7.08. The first-order chi connectivity index (χ1) is 13.7. The molecule has 0 unspecified atom stereocenters. The second-order valence-corrected chi connectivity index (χ2v) is 8.91. The van der Waals surface area contributed by atoms with Crippen LogP contribution in [-0.2, 0) is 12.8 Å². The lowest BCUT2D eigenvalue weighted by atomic mass is 10.0. The van der Waals surface area contributed by atoms with E-state index in [1.165, 1.54) is 61.2 Å². The lowest BCUT2D eigenvalue weighted by molar-refractivity contribution is 0.104. The van der Waals surface area contributed by atoms with Gasteiger partial charge in [-0.15, -0.1) is 22.7 Å². The lowest BCUT2D eigenvalue weighted by Gasteiger charge is -2.01. The molecule has 28 heavy (non-hydrogen) atoms. The molecule has 0 saturated carbocycles. The summed E-state index contributed by atoms with van der Waals surface area (Å²) in [6.07, 6.45) is 11.2. The van der Waals surface area contributed by atoms with Crippen LogP contribution in [0.25, 0.3) is 0 Å². The molecule has 0 aliphatic rings. The first-order valence-electron chi connectivity index (χ1n) is 10.4. The Morgan fingerprint density at radius 1 is 0.714 bits per heavy atom. The Morgan fingerprint density at radius 3 is 1.54 bits per heavy atom. The van der Waals surface area contributed by atoms with Crippen molar-refractivity contribution in [1.29, 1.82) is 0 Å². The highest BCUT2D eigenvalue weighted by Gasteiger charge is 2.13. The van der Waals surface area contributed by atoms with Crippen molar-refractivity contribution in [2.45, 2.75) is 78.1 Å². The average molecular weight is 415 g/mol. The van der Waals surface area contributed by atoms with Crippen molar-refractivity contribution in [2.75, 3.05) is 0 Å². The molecule has 2 heterocycles. The molecular weight excluding hydrogens is 384 g/mol. The summed E-state index contributed by atoms with van der Waals surface area (Å²) in [5, 5.41) is 3.89. The van der Waals surface area contributed by atoms with Crippen molar-refractivity contribution < 1.29 is 9.59 Å². The van der Waals surface area contributed by atoms with Crippen LogP contribution >= 0.6 is 22.7 Å². The van der Waals surface area contributed by atoms with Gasteiger partial charge in [-0.25, -0.2) is 0 Å². The molecule has 0 N–H and O–H groups in total. The fraction of sp³-hybridized carbons (Fsp3) is 0.500. The molecule has 0 amide bonds. The van der Waals surface area contributed by atoms with Gasteiger partial charge in [0, 0.05) is 0 Å². The largest absolute Gasteiger partial charge is 0.278 e. The van der Waals surface area contributed by atoms with Crippen molar-refractivity contribution in [3.8, 4) is 11.8 Å². The Morgan fingerprint density at radius 2 is 1.14 bits per heavy atom. The zero-order chi connectivity index (χ0) is 20.2. The van der Waals surface area contributed by atoms with Crippen LogP contribution in [0.3, 0.4) is 0 Å². The van der Waals surface area contributed by atoms with Gasteiger partial charge in [0.25, 0.3) is 0 Å². The van der Waals surface area contributed by atoms with E-state index >= 15 is 0 Å². The van der Waals surface area contributed by atoms with E-state index in [9.17, 15) is 9.59 Å². The van der Waals surface area contributed by atoms with E-state index in [1.807, 2.05) is 22.9 Å². The van der Waals surface area contributed by atoms with Gasteiger partial charge >= 0.3 is 0 Å². The van der Waals surface area contributed by atoms with Crippen LogP contribution in [-0.4, -0.2) is 11.6 Å². The number of aryl methyl sites for hydroxylation is 2. The van der Waals surface area contributed by atoms with Gasteiger partial charge in [0.15, 0.2) is 0 Å². The van der Waals surface area contributed by atoms with Crippen molar-refractivity contribution in [3.63, 3.8) is 0 Å². The summed E-state index contributed by atoms with van der Waals surface area (Å²) < 4.78 is 0. The summed E-state index contributed by atoms with van der Waals surface area (Å²) in [7, 11) is 0. The Hall–Kier alpha value is -1.70. The number of hydrogen-bond donors (Lipinski definition) is 0. The summed E-state index contributed by atoms with van der Waals surface area (Å²) >= 11 is 2.86. The van der Waals surface area contributed by atoms with Crippen LogP contribution in [0.15, 0.2) is 22.9 Å². The molecule has 2 rings (SSSR count). The molecule has 0 fully saturated rings. The van der Waals surface area contributed by atoms with Gasteiger partial charge in [-0.3, -0.25) is 9.59 Å². The number of hydrogen-bond acceptors (Lipinski definition) is 4. The highest BCUT2D eigenvalue weighted by Crippen LogP contribution is 2.21. The van der Waals surface area contributed by atoms with Crippen LogP contribution in [0, 0.1) is 11.8 Å². The molecule has 2 nitrogen and oxygen atoms in total. The molecule has 0 aliphatic heterocycles. The average Bonchev–Trinajstić information content (AvgIpc) is 3.36. The first kappa shape index (κ1) is 22.6. The van der Waals surface area contributed by atoms with Crippen molar-refractivity contribution in [1.82, 2.24) is 0 Å². The van der Waals surface area contributed by atoms with E-state index in [-0.39, 0.29) is 11.6 Å². The zero-order valence-corrected chi connectivity index (χ0v) is 18.6. The fourth-order valence-corrected chi connectivity index (χ4v) is 4.87. The molecule has 0 atom stereocenters.